The molecule has 4 heteroatoms. The molecule has 164 valence electrons. The molecule has 2 unspecified atom stereocenters. The van der Waals surface area contributed by atoms with Gasteiger partial charge < -0.3 is 14.4 Å². The van der Waals surface area contributed by atoms with Crippen LogP contribution in [0.3, 0.4) is 0 Å². The second-order valence-electron chi connectivity index (χ2n) is 8.32. The summed E-state index contributed by atoms with van der Waals surface area (Å²) in [4.78, 5) is 2.23. The van der Waals surface area contributed by atoms with E-state index in [0.717, 1.165) is 30.0 Å². The van der Waals surface area contributed by atoms with E-state index in [-0.39, 0.29) is 5.16 Å². The fourth-order valence-corrected chi connectivity index (χ4v) is 5.36. The molecule has 0 heterocycles. The van der Waals surface area contributed by atoms with Gasteiger partial charge in [-0.05, 0) is 43.0 Å². The molecule has 0 amide bonds. The van der Waals surface area contributed by atoms with Gasteiger partial charge in [0.1, 0.15) is 6.61 Å². The predicted octanol–water partition coefficient (Wildman–Crippen LogP) is 5.97. The summed E-state index contributed by atoms with van der Waals surface area (Å²) < 4.78 is 12.1. The molecule has 3 nitrogen and oxygen atoms in total. The first-order chi connectivity index (χ1) is 15.0. The third-order valence-corrected chi connectivity index (χ3v) is 7.57. The summed E-state index contributed by atoms with van der Waals surface area (Å²) in [5.74, 6) is 1.65. The Hall–Kier alpha value is -2.35. The van der Waals surface area contributed by atoms with Gasteiger partial charge in [-0.2, -0.15) is 0 Å². The van der Waals surface area contributed by atoms with Crippen molar-refractivity contribution in [1.82, 2.24) is 4.90 Å². The number of para-hydroxylation sites is 1. The van der Waals surface area contributed by atoms with Crippen LogP contribution < -0.4 is 14.8 Å². The quantitative estimate of drug-likeness (QED) is 0.367. The number of hydrogen-bond acceptors (Lipinski definition) is 3. The summed E-state index contributed by atoms with van der Waals surface area (Å²) in [6, 6.07) is 25.4. The van der Waals surface area contributed by atoms with Gasteiger partial charge in [-0.1, -0.05) is 89.2 Å². The van der Waals surface area contributed by atoms with Crippen LogP contribution in [0.2, 0.25) is 0 Å². The number of ether oxygens (including phenoxy) is 2. The Morgan fingerprint density at radius 1 is 0.903 bits per heavy atom. The first-order valence-electron chi connectivity index (χ1n) is 10.8. The van der Waals surface area contributed by atoms with E-state index >= 15 is 0 Å². The van der Waals surface area contributed by atoms with Crippen LogP contribution in [0, 0.1) is 0 Å². The number of benzene rings is 3. The van der Waals surface area contributed by atoms with Crippen LogP contribution in [0.1, 0.15) is 37.0 Å². The number of hydrogen-bond donors (Lipinski definition) is 0. The van der Waals surface area contributed by atoms with Crippen molar-refractivity contribution in [3.63, 3.8) is 0 Å². The Balaban J connectivity index is 1.97. The lowest BCUT2D eigenvalue weighted by molar-refractivity contribution is 0.278. The van der Waals surface area contributed by atoms with E-state index in [2.05, 4.69) is 81.4 Å². The van der Waals surface area contributed by atoms with E-state index in [1.165, 1.54) is 16.4 Å². The lowest BCUT2D eigenvalue weighted by Crippen LogP contribution is -2.23. The normalized spacial score (nSPS) is 13.5. The number of nitrogens with zero attached hydrogens (tertiary/aromatic N) is 1. The van der Waals surface area contributed by atoms with Crippen molar-refractivity contribution < 1.29 is 9.47 Å². The van der Waals surface area contributed by atoms with Crippen molar-refractivity contribution in [2.24, 2.45) is 0 Å². The smallest absolute Gasteiger partial charge is 0.165 e. The van der Waals surface area contributed by atoms with Crippen molar-refractivity contribution in [3.05, 3.63) is 89.5 Å². The van der Waals surface area contributed by atoms with Crippen molar-refractivity contribution in [2.75, 3.05) is 21.2 Å². The molecule has 0 spiro atoms. The van der Waals surface area contributed by atoms with Crippen LogP contribution in [-0.2, 0) is 18.3 Å². The highest BCUT2D eigenvalue weighted by Gasteiger charge is 2.31. The van der Waals surface area contributed by atoms with Crippen LogP contribution in [0.25, 0.3) is 0 Å². The van der Waals surface area contributed by atoms with E-state index in [0.29, 0.717) is 15.2 Å². The molecule has 0 N–H and O–H groups in total. The van der Waals surface area contributed by atoms with Gasteiger partial charge in [0, 0.05) is 17.3 Å². The average Bonchev–Trinajstić information content (AvgIpc) is 2.79. The highest BCUT2D eigenvalue weighted by molar-refractivity contribution is 7.48. The molecule has 0 saturated carbocycles. The van der Waals surface area contributed by atoms with Crippen molar-refractivity contribution in [3.8, 4) is 11.5 Å². The average molecular weight is 436 g/mol. The summed E-state index contributed by atoms with van der Waals surface area (Å²) >= 11 is 0. The largest absolute Gasteiger partial charge is 0.493 e. The third-order valence-electron chi connectivity index (χ3n) is 5.64. The second-order valence-corrected chi connectivity index (χ2v) is 10.2. The SMILES string of the molecule is CCC(C)(Pc1ccccc1CN(C)C)c1cccc(OC)c1OCc1ccccc1. The van der Waals surface area contributed by atoms with Gasteiger partial charge in [0.05, 0.1) is 7.11 Å². The molecule has 3 aromatic carbocycles. The molecule has 0 bridgehead atoms. The molecule has 0 aliphatic rings. The maximum absolute atomic E-state index is 6.40. The zero-order chi connectivity index (χ0) is 22.3. The number of rotatable bonds is 10. The third kappa shape index (κ3) is 5.87. The van der Waals surface area contributed by atoms with Crippen molar-refractivity contribution in [2.45, 2.75) is 38.6 Å². The molecular weight excluding hydrogens is 401 g/mol. The lowest BCUT2D eigenvalue weighted by Gasteiger charge is -2.32. The van der Waals surface area contributed by atoms with E-state index in [1.54, 1.807) is 7.11 Å². The molecule has 0 fully saturated rings. The molecule has 0 aliphatic heterocycles. The minimum atomic E-state index is -0.0526. The van der Waals surface area contributed by atoms with Gasteiger partial charge in [0.25, 0.3) is 0 Å². The zero-order valence-electron chi connectivity index (χ0n) is 19.3. The molecule has 0 aliphatic carbocycles. The predicted molar refractivity (Wildman–Crippen MR) is 133 cm³/mol. The highest BCUT2D eigenvalue weighted by Crippen LogP contribution is 2.50. The van der Waals surface area contributed by atoms with E-state index in [9.17, 15) is 0 Å². The van der Waals surface area contributed by atoms with Gasteiger partial charge in [-0.15, -0.1) is 0 Å². The first-order valence-corrected chi connectivity index (χ1v) is 11.8. The molecule has 0 radical (unpaired) electrons. The maximum atomic E-state index is 6.40. The standard InChI is InChI=1S/C27H34NO2P/c1-6-27(2,31-25-18-11-10-15-22(25)19-28(3)4)23-16-12-17-24(29-5)26(23)30-20-21-13-8-7-9-14-21/h7-18,31H,6,19-20H2,1-5H3. The fraction of sp³-hybridized carbons (Fsp3) is 0.333. The summed E-state index contributed by atoms with van der Waals surface area (Å²) in [5.41, 5.74) is 3.75. The lowest BCUT2D eigenvalue weighted by atomic mass is 9.96. The topological polar surface area (TPSA) is 21.7 Å². The monoisotopic (exact) mass is 435 g/mol. The second kappa shape index (κ2) is 10.8. The molecule has 0 saturated heterocycles. The van der Waals surface area contributed by atoms with Crippen LogP contribution in [0.5, 0.6) is 11.5 Å². The van der Waals surface area contributed by atoms with Crippen LogP contribution in [0.4, 0.5) is 0 Å². The van der Waals surface area contributed by atoms with E-state index in [1.807, 2.05) is 24.3 Å². The molecular formula is C27H34NO2P. The minimum absolute atomic E-state index is 0.0526. The van der Waals surface area contributed by atoms with Gasteiger partial charge in [0.2, 0.25) is 0 Å². The number of methoxy groups -OCH3 is 1. The van der Waals surface area contributed by atoms with E-state index < -0.39 is 0 Å². The summed E-state index contributed by atoms with van der Waals surface area (Å²) in [6.07, 6.45) is 1.01. The van der Waals surface area contributed by atoms with Crippen molar-refractivity contribution >= 4 is 13.9 Å². The fourth-order valence-electron chi connectivity index (χ4n) is 3.75. The van der Waals surface area contributed by atoms with Gasteiger partial charge in [0.15, 0.2) is 11.5 Å². The highest BCUT2D eigenvalue weighted by atomic mass is 31.1. The van der Waals surface area contributed by atoms with Gasteiger partial charge in [-0.3, -0.25) is 0 Å². The van der Waals surface area contributed by atoms with Crippen LogP contribution >= 0.6 is 8.58 Å². The molecule has 0 aromatic heterocycles. The van der Waals surface area contributed by atoms with Crippen LogP contribution in [-0.4, -0.2) is 26.1 Å². The summed E-state index contributed by atoms with van der Waals surface area (Å²) in [5, 5.41) is 1.36. The van der Waals surface area contributed by atoms with Crippen molar-refractivity contribution in [1.29, 1.82) is 0 Å². The van der Waals surface area contributed by atoms with Gasteiger partial charge in [-0.25, -0.2) is 0 Å². The Kier molecular flexibility index (Phi) is 8.12. The molecule has 31 heavy (non-hydrogen) atoms. The first kappa shape index (κ1) is 23.3. The Bertz CT molecular complexity index is 974. The Morgan fingerprint density at radius 3 is 2.29 bits per heavy atom. The maximum Gasteiger partial charge on any atom is 0.165 e. The zero-order valence-corrected chi connectivity index (χ0v) is 20.3. The molecule has 2 atom stereocenters. The molecule has 3 aromatic rings. The summed E-state index contributed by atoms with van der Waals surface area (Å²) in [6.45, 7) is 6.08. The molecule has 3 rings (SSSR count). The Morgan fingerprint density at radius 2 is 1.61 bits per heavy atom. The summed E-state index contributed by atoms with van der Waals surface area (Å²) in [7, 11) is 6.59. The Labute approximate surface area is 189 Å². The minimum Gasteiger partial charge on any atom is -0.493 e. The van der Waals surface area contributed by atoms with Crippen LogP contribution in [0.15, 0.2) is 72.8 Å². The van der Waals surface area contributed by atoms with Gasteiger partial charge >= 0.3 is 0 Å². The van der Waals surface area contributed by atoms with E-state index in [4.69, 9.17) is 9.47 Å².